The molecule has 9 heteroatoms. The van der Waals surface area contributed by atoms with Crippen molar-refractivity contribution in [3.05, 3.63) is 156 Å². The predicted octanol–water partition coefficient (Wildman–Crippen LogP) is 7.59. The predicted molar refractivity (Wildman–Crippen MR) is 187 cm³/mol. The van der Waals surface area contributed by atoms with E-state index in [1.54, 1.807) is 73.8 Å². The largest absolute Gasteiger partial charge is 0.497 e. The molecule has 5 rings (SSSR count). The molecule has 0 aromatic heterocycles. The van der Waals surface area contributed by atoms with Gasteiger partial charge in [0.1, 0.15) is 22.4 Å². The Kier molecular flexibility index (Phi) is 11.1. The molecule has 0 aliphatic rings. The minimum absolute atomic E-state index is 0.0804. The minimum Gasteiger partial charge on any atom is -0.497 e. The molecule has 0 aliphatic carbocycles. The molecule has 5 aromatic carbocycles. The van der Waals surface area contributed by atoms with E-state index in [0.29, 0.717) is 28.4 Å². The van der Waals surface area contributed by atoms with Crippen molar-refractivity contribution in [3.8, 4) is 11.5 Å². The third-order valence-electron chi connectivity index (χ3n) is 6.99. The first-order valence-electron chi connectivity index (χ1n) is 14.7. The molecule has 0 spiro atoms. The van der Waals surface area contributed by atoms with E-state index in [1.807, 2.05) is 72.8 Å². The molecule has 5 aromatic rings. The molecule has 0 bridgehead atoms. The number of methoxy groups -OCH3 is 2. The summed E-state index contributed by atoms with van der Waals surface area (Å²) >= 11 is 1.33. The number of hydrogen-bond donors (Lipinski definition) is 3. The molecule has 0 saturated heterocycles. The summed E-state index contributed by atoms with van der Waals surface area (Å²) < 4.78 is 10.8. The van der Waals surface area contributed by atoms with E-state index in [1.165, 1.54) is 18.9 Å². The van der Waals surface area contributed by atoms with Gasteiger partial charge in [0.15, 0.2) is 0 Å². The van der Waals surface area contributed by atoms with E-state index < -0.39 is 17.1 Å². The summed E-state index contributed by atoms with van der Waals surface area (Å²) in [4.78, 5) is 41.1. The van der Waals surface area contributed by atoms with Crippen LogP contribution < -0.4 is 25.4 Å². The topological polar surface area (TPSA) is 106 Å². The monoisotopic (exact) mass is 643 g/mol. The van der Waals surface area contributed by atoms with Gasteiger partial charge in [-0.1, -0.05) is 84.9 Å². The molecule has 8 nitrogen and oxygen atoms in total. The van der Waals surface area contributed by atoms with Crippen molar-refractivity contribution in [1.29, 1.82) is 0 Å². The summed E-state index contributed by atoms with van der Waals surface area (Å²) in [5.41, 5.74) is 3.03. The number of carbonyl (C=O) groups is 3. The zero-order valence-electron chi connectivity index (χ0n) is 25.8. The van der Waals surface area contributed by atoms with Crippen LogP contribution in [0.3, 0.4) is 0 Å². The van der Waals surface area contributed by atoms with Crippen LogP contribution in [0.4, 0.5) is 11.4 Å². The van der Waals surface area contributed by atoms with Crippen molar-refractivity contribution in [1.82, 2.24) is 5.32 Å². The van der Waals surface area contributed by atoms with Gasteiger partial charge in [0.25, 0.3) is 11.8 Å². The van der Waals surface area contributed by atoms with Crippen LogP contribution in [-0.4, -0.2) is 31.9 Å². The second-order valence-corrected chi connectivity index (χ2v) is 11.4. The summed E-state index contributed by atoms with van der Waals surface area (Å²) in [5.74, 6) is -0.0910. The van der Waals surface area contributed by atoms with Gasteiger partial charge in [0.05, 0.1) is 19.9 Å². The lowest BCUT2D eigenvalue weighted by atomic mass is 10.1. The number of hydrogen-bond acceptors (Lipinski definition) is 6. The maximum atomic E-state index is 13.8. The molecule has 0 aliphatic heterocycles. The number of rotatable bonds is 12. The molecule has 47 heavy (non-hydrogen) atoms. The van der Waals surface area contributed by atoms with Crippen LogP contribution in [0.25, 0.3) is 6.08 Å². The molecular formula is C38H33N3O5S. The number of nitrogens with one attached hydrogen (secondary N) is 3. The molecule has 0 radical (unpaired) electrons. The lowest BCUT2D eigenvalue weighted by Gasteiger charge is -2.19. The summed E-state index contributed by atoms with van der Waals surface area (Å²) in [7, 11) is 3.09. The number of ether oxygens (including phenoxy) is 2. The highest BCUT2D eigenvalue weighted by atomic mass is 32.2. The number of amides is 3. The van der Waals surface area contributed by atoms with Gasteiger partial charge < -0.3 is 25.4 Å². The van der Waals surface area contributed by atoms with Gasteiger partial charge in [-0.15, -0.1) is 11.8 Å². The zero-order chi connectivity index (χ0) is 33.0. The SMILES string of the molecule is COc1ccc(OC)c(NC(=O)C(Sc2cccc(NC(=O)/C(=C/c3ccccc3)NC(=O)c3ccccc3)c2)c2ccccc2)c1. The van der Waals surface area contributed by atoms with E-state index in [4.69, 9.17) is 9.47 Å². The average molecular weight is 644 g/mol. The maximum Gasteiger partial charge on any atom is 0.272 e. The van der Waals surface area contributed by atoms with Crippen molar-refractivity contribution in [2.24, 2.45) is 0 Å². The highest BCUT2D eigenvalue weighted by Gasteiger charge is 2.24. The molecule has 236 valence electrons. The van der Waals surface area contributed by atoms with E-state index in [9.17, 15) is 14.4 Å². The molecule has 1 unspecified atom stereocenters. The van der Waals surface area contributed by atoms with Crippen LogP contribution in [0.5, 0.6) is 11.5 Å². The van der Waals surface area contributed by atoms with Gasteiger partial charge >= 0.3 is 0 Å². The van der Waals surface area contributed by atoms with Gasteiger partial charge in [-0.25, -0.2) is 0 Å². The van der Waals surface area contributed by atoms with Gasteiger partial charge in [0.2, 0.25) is 5.91 Å². The first-order valence-corrected chi connectivity index (χ1v) is 15.6. The summed E-state index contributed by atoms with van der Waals surface area (Å²) in [6.45, 7) is 0. The highest BCUT2D eigenvalue weighted by molar-refractivity contribution is 8.00. The van der Waals surface area contributed by atoms with E-state index in [0.717, 1.165) is 16.0 Å². The third-order valence-corrected chi connectivity index (χ3v) is 8.24. The first kappa shape index (κ1) is 32.6. The van der Waals surface area contributed by atoms with Crippen LogP contribution in [0.15, 0.2) is 144 Å². The van der Waals surface area contributed by atoms with E-state index in [-0.39, 0.29) is 11.6 Å². The van der Waals surface area contributed by atoms with Crippen molar-refractivity contribution in [2.45, 2.75) is 10.1 Å². The molecule has 3 amide bonds. The Morgan fingerprint density at radius 1 is 0.702 bits per heavy atom. The Balaban J connectivity index is 1.38. The molecule has 3 N–H and O–H groups in total. The van der Waals surface area contributed by atoms with Crippen LogP contribution in [-0.2, 0) is 9.59 Å². The second kappa shape index (κ2) is 16.0. The fourth-order valence-electron chi connectivity index (χ4n) is 4.65. The van der Waals surface area contributed by atoms with Crippen LogP contribution in [0, 0.1) is 0 Å². The van der Waals surface area contributed by atoms with Crippen LogP contribution >= 0.6 is 11.8 Å². The van der Waals surface area contributed by atoms with Gasteiger partial charge in [-0.05, 0) is 59.7 Å². The molecule has 0 fully saturated rings. The van der Waals surface area contributed by atoms with Crippen molar-refractivity contribution in [3.63, 3.8) is 0 Å². The normalized spacial score (nSPS) is 11.6. The Morgan fingerprint density at radius 3 is 2.06 bits per heavy atom. The van der Waals surface area contributed by atoms with E-state index >= 15 is 0 Å². The Bertz CT molecular complexity index is 1870. The van der Waals surface area contributed by atoms with Gasteiger partial charge in [0, 0.05) is 22.2 Å². The highest BCUT2D eigenvalue weighted by Crippen LogP contribution is 2.38. The Hall–Kier alpha value is -5.80. The number of benzene rings is 5. The standard InChI is InChI=1S/C38H33N3O5S/c1-45-30-21-22-34(46-2)32(25-30)40-38(44)35(27-15-8-4-9-16-27)47-31-20-12-19-29(24-31)39-37(43)33(23-26-13-6-3-7-14-26)41-36(42)28-17-10-5-11-18-28/h3-25,35H,1-2H3,(H,39,43)(H,40,44)(H,41,42)/b33-23-. The Labute approximate surface area is 277 Å². The number of anilines is 2. The third kappa shape index (κ3) is 8.90. The fourth-order valence-corrected chi connectivity index (χ4v) is 5.73. The Morgan fingerprint density at radius 2 is 1.38 bits per heavy atom. The molecule has 1 atom stereocenters. The van der Waals surface area contributed by atoms with Crippen molar-refractivity contribution in [2.75, 3.05) is 24.9 Å². The average Bonchev–Trinajstić information content (AvgIpc) is 3.11. The summed E-state index contributed by atoms with van der Waals surface area (Å²) in [5, 5.41) is 8.01. The van der Waals surface area contributed by atoms with Crippen molar-refractivity contribution < 1.29 is 23.9 Å². The number of carbonyl (C=O) groups excluding carboxylic acids is 3. The quantitative estimate of drug-likeness (QED) is 0.0956. The van der Waals surface area contributed by atoms with Crippen molar-refractivity contribution >= 4 is 46.9 Å². The van der Waals surface area contributed by atoms with Gasteiger partial charge in [-0.3, -0.25) is 14.4 Å². The first-order chi connectivity index (χ1) is 22.9. The zero-order valence-corrected chi connectivity index (χ0v) is 26.6. The van der Waals surface area contributed by atoms with E-state index in [2.05, 4.69) is 16.0 Å². The number of thioether (sulfide) groups is 1. The molecule has 0 heterocycles. The summed E-state index contributed by atoms with van der Waals surface area (Å²) in [6, 6.07) is 39.8. The summed E-state index contributed by atoms with van der Waals surface area (Å²) in [6.07, 6.45) is 1.62. The molecule has 0 saturated carbocycles. The second-order valence-electron chi connectivity index (χ2n) is 10.2. The van der Waals surface area contributed by atoms with Crippen LogP contribution in [0.2, 0.25) is 0 Å². The minimum atomic E-state index is -0.642. The smallest absolute Gasteiger partial charge is 0.272 e. The lowest BCUT2D eigenvalue weighted by molar-refractivity contribution is -0.116. The van der Waals surface area contributed by atoms with Crippen LogP contribution in [0.1, 0.15) is 26.7 Å². The maximum absolute atomic E-state index is 13.8. The van der Waals surface area contributed by atoms with Gasteiger partial charge in [-0.2, -0.15) is 0 Å². The lowest BCUT2D eigenvalue weighted by Crippen LogP contribution is -2.30. The fraction of sp³-hybridized carbons (Fsp3) is 0.0789. The molecular weight excluding hydrogens is 611 g/mol.